The van der Waals surface area contributed by atoms with E-state index >= 15 is 0 Å². The number of nitrogens with two attached hydrogens (primary N) is 1. The van der Waals surface area contributed by atoms with Crippen LogP contribution >= 0.6 is 0 Å². The Bertz CT molecular complexity index is 229. The van der Waals surface area contributed by atoms with Gasteiger partial charge >= 0.3 is 6.18 Å². The summed E-state index contributed by atoms with van der Waals surface area (Å²) in [6.45, 7) is 4.54. The molecule has 3 nitrogen and oxygen atoms in total. The minimum atomic E-state index is -4.23. The van der Waals surface area contributed by atoms with Gasteiger partial charge in [-0.05, 0) is 26.8 Å². The number of morpholine rings is 1. The summed E-state index contributed by atoms with van der Waals surface area (Å²) in [5.41, 5.74) is 4.67. The summed E-state index contributed by atoms with van der Waals surface area (Å²) in [7, 11) is 0. The fraction of sp³-hybridized carbons (Fsp3) is 1.00. The van der Waals surface area contributed by atoms with Crippen LogP contribution in [0, 0.1) is 0 Å². The van der Waals surface area contributed by atoms with Crippen LogP contribution in [-0.2, 0) is 4.74 Å². The molecule has 1 fully saturated rings. The lowest BCUT2D eigenvalue weighted by molar-refractivity contribution is -0.214. The second-order valence-corrected chi connectivity index (χ2v) is 4.69. The van der Waals surface area contributed by atoms with Crippen molar-refractivity contribution in [2.45, 2.75) is 38.0 Å². The molecule has 1 unspecified atom stereocenters. The van der Waals surface area contributed by atoms with E-state index in [1.807, 2.05) is 0 Å². The standard InChI is InChI=1S/C10H19F3N2O/c1-9(2)7-16-6-5-15(9)8(3-4-14)10(11,12)13/h8H,3-7,14H2,1-2H3. The van der Waals surface area contributed by atoms with Crippen molar-refractivity contribution < 1.29 is 17.9 Å². The van der Waals surface area contributed by atoms with E-state index in [-0.39, 0.29) is 13.0 Å². The van der Waals surface area contributed by atoms with Crippen LogP contribution in [0.15, 0.2) is 0 Å². The van der Waals surface area contributed by atoms with Gasteiger partial charge in [0.2, 0.25) is 0 Å². The van der Waals surface area contributed by atoms with Gasteiger partial charge in [-0.1, -0.05) is 0 Å². The Labute approximate surface area is 93.7 Å². The van der Waals surface area contributed by atoms with Crippen molar-refractivity contribution in [3.8, 4) is 0 Å². The highest BCUT2D eigenvalue weighted by atomic mass is 19.4. The molecule has 0 saturated carbocycles. The Kier molecular flexibility index (Phi) is 4.20. The van der Waals surface area contributed by atoms with Gasteiger partial charge in [0.05, 0.1) is 13.2 Å². The zero-order valence-corrected chi connectivity index (χ0v) is 9.68. The first-order chi connectivity index (χ1) is 7.29. The van der Waals surface area contributed by atoms with Crippen molar-refractivity contribution in [1.82, 2.24) is 4.90 Å². The van der Waals surface area contributed by atoms with E-state index in [2.05, 4.69) is 0 Å². The molecule has 0 aromatic heterocycles. The smallest absolute Gasteiger partial charge is 0.378 e. The molecule has 0 aromatic rings. The monoisotopic (exact) mass is 240 g/mol. The van der Waals surface area contributed by atoms with Crippen molar-refractivity contribution in [2.75, 3.05) is 26.3 Å². The van der Waals surface area contributed by atoms with Gasteiger partial charge in [0.1, 0.15) is 6.04 Å². The van der Waals surface area contributed by atoms with E-state index in [1.54, 1.807) is 13.8 Å². The molecule has 6 heteroatoms. The predicted octanol–water partition coefficient (Wildman–Crippen LogP) is 1.38. The Morgan fingerprint density at radius 3 is 2.50 bits per heavy atom. The number of alkyl halides is 3. The minimum Gasteiger partial charge on any atom is -0.378 e. The topological polar surface area (TPSA) is 38.5 Å². The van der Waals surface area contributed by atoms with E-state index in [0.29, 0.717) is 19.8 Å². The fourth-order valence-electron chi connectivity index (χ4n) is 2.10. The highest BCUT2D eigenvalue weighted by molar-refractivity contribution is 4.92. The number of rotatable bonds is 3. The number of nitrogens with zero attached hydrogens (tertiary/aromatic N) is 1. The molecule has 0 bridgehead atoms. The molecule has 0 aromatic carbocycles. The van der Waals surface area contributed by atoms with Gasteiger partial charge in [0, 0.05) is 12.1 Å². The van der Waals surface area contributed by atoms with Crippen molar-refractivity contribution in [1.29, 1.82) is 0 Å². The molecule has 0 aliphatic carbocycles. The molecule has 0 spiro atoms. The van der Waals surface area contributed by atoms with E-state index in [1.165, 1.54) is 4.90 Å². The zero-order chi connectivity index (χ0) is 12.4. The maximum atomic E-state index is 12.9. The number of halogens is 3. The van der Waals surface area contributed by atoms with Gasteiger partial charge in [0.15, 0.2) is 0 Å². The van der Waals surface area contributed by atoms with Crippen molar-refractivity contribution in [3.63, 3.8) is 0 Å². The molecule has 1 aliphatic heterocycles. The summed E-state index contributed by atoms with van der Waals surface area (Å²) in [5.74, 6) is 0. The highest BCUT2D eigenvalue weighted by Gasteiger charge is 2.48. The fourth-order valence-corrected chi connectivity index (χ4v) is 2.10. The lowest BCUT2D eigenvalue weighted by Crippen LogP contribution is -2.61. The maximum Gasteiger partial charge on any atom is 0.404 e. The Morgan fingerprint density at radius 2 is 2.06 bits per heavy atom. The van der Waals surface area contributed by atoms with Gasteiger partial charge in [-0.25, -0.2) is 0 Å². The van der Waals surface area contributed by atoms with Crippen LogP contribution in [0.5, 0.6) is 0 Å². The molecule has 1 aliphatic rings. The Balaban J connectivity index is 2.84. The van der Waals surface area contributed by atoms with Crippen LogP contribution in [0.2, 0.25) is 0 Å². The third-order valence-corrected chi connectivity index (χ3v) is 2.90. The summed E-state index contributed by atoms with van der Waals surface area (Å²) in [5, 5.41) is 0. The molecular weight excluding hydrogens is 221 g/mol. The van der Waals surface area contributed by atoms with Crippen LogP contribution in [-0.4, -0.2) is 49.0 Å². The van der Waals surface area contributed by atoms with E-state index in [4.69, 9.17) is 10.5 Å². The third kappa shape index (κ3) is 3.09. The van der Waals surface area contributed by atoms with Gasteiger partial charge in [-0.15, -0.1) is 0 Å². The average molecular weight is 240 g/mol. The van der Waals surface area contributed by atoms with Gasteiger partial charge in [-0.3, -0.25) is 4.90 Å². The molecule has 96 valence electrons. The van der Waals surface area contributed by atoms with Crippen LogP contribution < -0.4 is 5.73 Å². The largest absolute Gasteiger partial charge is 0.404 e. The molecular formula is C10H19F3N2O. The predicted molar refractivity (Wildman–Crippen MR) is 55.1 cm³/mol. The Hall–Kier alpha value is -0.330. The van der Waals surface area contributed by atoms with E-state index in [0.717, 1.165) is 0 Å². The van der Waals surface area contributed by atoms with Crippen molar-refractivity contribution in [2.24, 2.45) is 5.73 Å². The maximum absolute atomic E-state index is 12.9. The third-order valence-electron chi connectivity index (χ3n) is 2.90. The van der Waals surface area contributed by atoms with Crippen LogP contribution in [0.25, 0.3) is 0 Å². The first kappa shape index (κ1) is 13.7. The zero-order valence-electron chi connectivity index (χ0n) is 9.68. The molecule has 0 amide bonds. The van der Waals surface area contributed by atoms with Crippen molar-refractivity contribution in [3.05, 3.63) is 0 Å². The molecule has 16 heavy (non-hydrogen) atoms. The second kappa shape index (κ2) is 4.89. The lowest BCUT2D eigenvalue weighted by atomic mass is 9.98. The SMILES string of the molecule is CC1(C)COCCN1C(CCN)C(F)(F)F. The average Bonchev–Trinajstić information content (AvgIpc) is 2.13. The lowest BCUT2D eigenvalue weighted by Gasteiger charge is -2.46. The van der Waals surface area contributed by atoms with Gasteiger partial charge in [-0.2, -0.15) is 13.2 Å². The number of ether oxygens (including phenoxy) is 1. The minimum absolute atomic E-state index is 0.0393. The quantitative estimate of drug-likeness (QED) is 0.810. The molecule has 2 N–H and O–H groups in total. The summed E-state index contributed by atoms with van der Waals surface area (Å²) in [6, 6.07) is -1.46. The van der Waals surface area contributed by atoms with Crippen LogP contribution in [0.4, 0.5) is 13.2 Å². The van der Waals surface area contributed by atoms with Crippen LogP contribution in [0.3, 0.4) is 0 Å². The summed E-state index contributed by atoms with van der Waals surface area (Å²) in [6.07, 6.45) is -4.29. The van der Waals surface area contributed by atoms with Crippen molar-refractivity contribution >= 4 is 0 Å². The van der Waals surface area contributed by atoms with Gasteiger partial charge < -0.3 is 10.5 Å². The first-order valence-corrected chi connectivity index (χ1v) is 5.40. The van der Waals surface area contributed by atoms with Crippen LogP contribution in [0.1, 0.15) is 20.3 Å². The summed E-state index contributed by atoms with van der Waals surface area (Å²) < 4.78 is 43.9. The summed E-state index contributed by atoms with van der Waals surface area (Å²) in [4.78, 5) is 1.46. The molecule has 1 heterocycles. The molecule has 1 saturated heterocycles. The molecule has 0 radical (unpaired) electrons. The van der Waals surface area contributed by atoms with Gasteiger partial charge in [0.25, 0.3) is 0 Å². The van der Waals surface area contributed by atoms with E-state index in [9.17, 15) is 13.2 Å². The number of hydrogen-bond donors (Lipinski definition) is 1. The first-order valence-electron chi connectivity index (χ1n) is 5.40. The molecule has 1 atom stereocenters. The second-order valence-electron chi connectivity index (χ2n) is 4.69. The summed E-state index contributed by atoms with van der Waals surface area (Å²) >= 11 is 0. The highest BCUT2D eigenvalue weighted by Crippen LogP contribution is 2.33. The molecule has 1 rings (SSSR count). The number of hydrogen-bond acceptors (Lipinski definition) is 3. The Morgan fingerprint density at radius 1 is 1.44 bits per heavy atom. The van der Waals surface area contributed by atoms with E-state index < -0.39 is 17.8 Å². The normalized spacial score (nSPS) is 24.4.